The minimum absolute atomic E-state index is 1.09. The zero-order chi connectivity index (χ0) is 8.10. The van der Waals surface area contributed by atoms with E-state index in [1.807, 2.05) is 6.08 Å². The molecule has 1 fully saturated rings. The van der Waals surface area contributed by atoms with Gasteiger partial charge in [0.25, 0.3) is 0 Å². The van der Waals surface area contributed by atoms with Crippen LogP contribution >= 0.6 is 0 Å². The Labute approximate surface area is 69.4 Å². The molecule has 0 aliphatic carbocycles. The van der Waals surface area contributed by atoms with Crippen LogP contribution in [0.4, 0.5) is 0 Å². The van der Waals surface area contributed by atoms with Crippen molar-refractivity contribution in [2.75, 3.05) is 13.1 Å². The van der Waals surface area contributed by atoms with Gasteiger partial charge >= 0.3 is 0 Å². The third kappa shape index (κ3) is 2.41. The van der Waals surface area contributed by atoms with Gasteiger partial charge in [0.1, 0.15) is 0 Å². The Morgan fingerprint density at radius 2 is 1.64 bits per heavy atom. The second kappa shape index (κ2) is 4.22. The quantitative estimate of drug-likeness (QED) is 0.548. The van der Waals surface area contributed by atoms with Crippen molar-refractivity contribution in [1.29, 1.82) is 0 Å². The van der Waals surface area contributed by atoms with Gasteiger partial charge in [0, 0.05) is 18.8 Å². The summed E-state index contributed by atoms with van der Waals surface area (Å²) in [6, 6.07) is 0. The molecule has 1 nitrogen and oxygen atoms in total. The summed E-state index contributed by atoms with van der Waals surface area (Å²) < 4.78 is 0. The summed E-state index contributed by atoms with van der Waals surface area (Å²) in [7, 11) is 0. The summed E-state index contributed by atoms with van der Waals surface area (Å²) in [6.45, 7) is 10.0. The molecule has 62 valence electrons. The lowest BCUT2D eigenvalue weighted by molar-refractivity contribution is 0.371. The number of nitrogens with zero attached hydrogens (tertiary/aromatic N) is 1. The number of hydrogen-bond acceptors (Lipinski definition) is 1. The number of likely N-dealkylation sites (tertiary alicyclic amines) is 1. The number of hydrogen-bond donors (Lipinski definition) is 0. The van der Waals surface area contributed by atoms with Crippen LogP contribution in [0.2, 0.25) is 0 Å². The highest BCUT2D eigenvalue weighted by atomic mass is 15.1. The normalized spacial score (nSPS) is 19.1. The van der Waals surface area contributed by atoms with Crippen LogP contribution in [0.1, 0.15) is 25.7 Å². The standard InChI is InChI=1S/C10H17N/c1-3-10(2)11-8-6-4-5-7-9-11/h3H,1-2,4-9H2. The summed E-state index contributed by atoms with van der Waals surface area (Å²) in [5.41, 5.74) is 1.09. The Morgan fingerprint density at radius 3 is 2.09 bits per heavy atom. The molecule has 0 unspecified atom stereocenters. The Kier molecular flexibility index (Phi) is 3.21. The zero-order valence-electron chi connectivity index (χ0n) is 7.18. The smallest absolute Gasteiger partial charge is 0.0287 e. The van der Waals surface area contributed by atoms with Crippen LogP contribution < -0.4 is 0 Å². The van der Waals surface area contributed by atoms with E-state index in [0.29, 0.717) is 0 Å². The molecule has 11 heavy (non-hydrogen) atoms. The molecule has 0 bridgehead atoms. The third-order valence-electron chi connectivity index (χ3n) is 2.25. The Hall–Kier alpha value is -0.720. The van der Waals surface area contributed by atoms with Gasteiger partial charge in [-0.3, -0.25) is 0 Å². The van der Waals surface area contributed by atoms with Crippen LogP contribution in [0.3, 0.4) is 0 Å². The molecular weight excluding hydrogens is 134 g/mol. The molecule has 0 N–H and O–H groups in total. The average Bonchev–Trinajstić information content (AvgIpc) is 2.30. The topological polar surface area (TPSA) is 3.24 Å². The number of rotatable bonds is 2. The van der Waals surface area contributed by atoms with Crippen molar-refractivity contribution < 1.29 is 0 Å². The van der Waals surface area contributed by atoms with Crippen LogP contribution in [0, 0.1) is 0 Å². The van der Waals surface area contributed by atoms with Gasteiger partial charge in [-0.2, -0.15) is 0 Å². The molecule has 1 rings (SSSR count). The summed E-state index contributed by atoms with van der Waals surface area (Å²) in [5.74, 6) is 0. The van der Waals surface area contributed by atoms with E-state index in [0.717, 1.165) is 5.70 Å². The highest BCUT2D eigenvalue weighted by Gasteiger charge is 2.07. The molecule has 0 aromatic carbocycles. The predicted molar refractivity (Wildman–Crippen MR) is 49.4 cm³/mol. The van der Waals surface area contributed by atoms with E-state index in [-0.39, 0.29) is 0 Å². The third-order valence-corrected chi connectivity index (χ3v) is 2.25. The van der Waals surface area contributed by atoms with Crippen molar-refractivity contribution >= 4 is 0 Å². The van der Waals surface area contributed by atoms with Crippen LogP contribution in [0.5, 0.6) is 0 Å². The molecule has 1 heterocycles. The highest BCUT2D eigenvalue weighted by molar-refractivity contribution is 5.09. The van der Waals surface area contributed by atoms with Crippen LogP contribution in [0.15, 0.2) is 24.9 Å². The molecule has 1 heteroatoms. The summed E-state index contributed by atoms with van der Waals surface area (Å²) >= 11 is 0. The minimum Gasteiger partial charge on any atom is -0.372 e. The summed E-state index contributed by atoms with van der Waals surface area (Å²) in [4.78, 5) is 2.33. The van der Waals surface area contributed by atoms with Crippen molar-refractivity contribution in [1.82, 2.24) is 4.90 Å². The van der Waals surface area contributed by atoms with E-state index in [1.54, 1.807) is 0 Å². The van der Waals surface area contributed by atoms with Crippen molar-refractivity contribution in [3.05, 3.63) is 24.9 Å². The first-order valence-corrected chi connectivity index (χ1v) is 4.41. The maximum absolute atomic E-state index is 3.95. The second-order valence-corrected chi connectivity index (χ2v) is 3.10. The van der Waals surface area contributed by atoms with Gasteiger partial charge in [-0.05, 0) is 18.9 Å². The maximum Gasteiger partial charge on any atom is 0.0287 e. The van der Waals surface area contributed by atoms with Gasteiger partial charge in [-0.15, -0.1) is 0 Å². The van der Waals surface area contributed by atoms with E-state index in [2.05, 4.69) is 18.1 Å². The highest BCUT2D eigenvalue weighted by Crippen LogP contribution is 2.13. The molecule has 1 saturated heterocycles. The fraction of sp³-hybridized carbons (Fsp3) is 0.600. The molecule has 0 amide bonds. The monoisotopic (exact) mass is 151 g/mol. The van der Waals surface area contributed by atoms with Crippen LogP contribution in [-0.4, -0.2) is 18.0 Å². The first kappa shape index (κ1) is 8.38. The molecule has 0 spiro atoms. The summed E-state index contributed by atoms with van der Waals surface area (Å²) in [5, 5.41) is 0. The van der Waals surface area contributed by atoms with Crippen molar-refractivity contribution in [3.8, 4) is 0 Å². The SMILES string of the molecule is C=CC(=C)N1CCCCCC1. The van der Waals surface area contributed by atoms with Crippen LogP contribution in [0.25, 0.3) is 0 Å². The van der Waals surface area contributed by atoms with Crippen molar-refractivity contribution in [2.24, 2.45) is 0 Å². The van der Waals surface area contributed by atoms with Gasteiger partial charge in [0.15, 0.2) is 0 Å². The van der Waals surface area contributed by atoms with Gasteiger partial charge in [-0.1, -0.05) is 26.0 Å². The van der Waals surface area contributed by atoms with E-state index >= 15 is 0 Å². The molecule has 0 aromatic rings. The van der Waals surface area contributed by atoms with Gasteiger partial charge in [0.05, 0.1) is 0 Å². The molecule has 0 atom stereocenters. The number of allylic oxidation sites excluding steroid dienone is 1. The molecule has 0 radical (unpaired) electrons. The van der Waals surface area contributed by atoms with Gasteiger partial charge < -0.3 is 4.90 Å². The minimum atomic E-state index is 1.09. The largest absolute Gasteiger partial charge is 0.372 e. The van der Waals surface area contributed by atoms with E-state index in [9.17, 15) is 0 Å². The maximum atomic E-state index is 3.95. The lowest BCUT2D eigenvalue weighted by Crippen LogP contribution is -2.22. The van der Waals surface area contributed by atoms with Gasteiger partial charge in [0.2, 0.25) is 0 Å². The van der Waals surface area contributed by atoms with Crippen LogP contribution in [-0.2, 0) is 0 Å². The van der Waals surface area contributed by atoms with E-state index < -0.39 is 0 Å². The lowest BCUT2D eigenvalue weighted by atomic mass is 10.2. The van der Waals surface area contributed by atoms with Crippen molar-refractivity contribution in [2.45, 2.75) is 25.7 Å². The average molecular weight is 151 g/mol. The van der Waals surface area contributed by atoms with Gasteiger partial charge in [-0.25, -0.2) is 0 Å². The Balaban J connectivity index is 2.42. The molecule has 1 aliphatic rings. The van der Waals surface area contributed by atoms with E-state index in [4.69, 9.17) is 0 Å². The zero-order valence-corrected chi connectivity index (χ0v) is 7.18. The predicted octanol–water partition coefficient (Wildman–Crippen LogP) is 2.56. The fourth-order valence-electron chi connectivity index (χ4n) is 1.49. The Bertz CT molecular complexity index is 141. The molecule has 1 aliphatic heterocycles. The summed E-state index contributed by atoms with van der Waals surface area (Å²) in [6.07, 6.45) is 7.23. The molecule has 0 aromatic heterocycles. The van der Waals surface area contributed by atoms with E-state index in [1.165, 1.54) is 38.8 Å². The fourth-order valence-corrected chi connectivity index (χ4v) is 1.49. The Morgan fingerprint density at radius 1 is 1.09 bits per heavy atom. The first-order valence-electron chi connectivity index (χ1n) is 4.41. The molecular formula is C10H17N. The first-order chi connectivity index (χ1) is 5.34. The second-order valence-electron chi connectivity index (χ2n) is 3.10. The molecule has 0 saturated carbocycles. The lowest BCUT2D eigenvalue weighted by Gasteiger charge is -2.22. The van der Waals surface area contributed by atoms with Crippen molar-refractivity contribution in [3.63, 3.8) is 0 Å².